The zero-order chi connectivity index (χ0) is 12.7. The Balaban J connectivity index is 2.53. The second-order valence-corrected chi connectivity index (χ2v) is 3.99. The van der Waals surface area contributed by atoms with E-state index in [9.17, 15) is 9.50 Å². The molecule has 0 heterocycles. The second-order valence-electron chi connectivity index (χ2n) is 3.99. The number of unbranched alkanes of at least 4 members (excludes halogenated alkanes) is 2. The van der Waals surface area contributed by atoms with Crippen molar-refractivity contribution in [1.29, 1.82) is 0 Å². The molecule has 0 aliphatic rings. The third kappa shape index (κ3) is 4.71. The third-order valence-corrected chi connectivity index (χ3v) is 2.49. The molecule has 96 valence electrons. The molecule has 0 bridgehead atoms. The molecular formula is C13H19FO3. The molecule has 1 atom stereocenters. The first-order valence-electron chi connectivity index (χ1n) is 5.86. The Hall–Kier alpha value is -1.13. The molecule has 1 rings (SSSR count). The highest BCUT2D eigenvalue weighted by atomic mass is 19.1. The fraction of sp³-hybridized carbons (Fsp3) is 0.538. The maximum absolute atomic E-state index is 13.0. The van der Waals surface area contributed by atoms with E-state index in [-0.39, 0.29) is 12.4 Å². The monoisotopic (exact) mass is 242 g/mol. The van der Waals surface area contributed by atoms with E-state index in [2.05, 4.69) is 0 Å². The van der Waals surface area contributed by atoms with Crippen LogP contribution in [0.3, 0.4) is 0 Å². The first-order chi connectivity index (χ1) is 8.15. The second kappa shape index (κ2) is 7.25. The molecule has 17 heavy (non-hydrogen) atoms. The van der Waals surface area contributed by atoms with Gasteiger partial charge in [-0.05, 0) is 38.3 Å². The van der Waals surface area contributed by atoms with E-state index in [4.69, 9.17) is 9.84 Å². The molecular weight excluding hydrogens is 223 g/mol. The summed E-state index contributed by atoms with van der Waals surface area (Å²) in [5, 5.41) is 18.1. The van der Waals surface area contributed by atoms with Crippen molar-refractivity contribution in [3.8, 4) is 5.75 Å². The van der Waals surface area contributed by atoms with Crippen molar-refractivity contribution < 1.29 is 19.3 Å². The summed E-state index contributed by atoms with van der Waals surface area (Å²) in [6.45, 7) is 2.26. The predicted molar refractivity (Wildman–Crippen MR) is 63.5 cm³/mol. The molecule has 1 aromatic rings. The van der Waals surface area contributed by atoms with Crippen LogP contribution in [0.15, 0.2) is 18.2 Å². The zero-order valence-corrected chi connectivity index (χ0v) is 10.0. The van der Waals surface area contributed by atoms with Gasteiger partial charge in [-0.25, -0.2) is 4.39 Å². The molecule has 0 radical (unpaired) electrons. The highest BCUT2D eigenvalue weighted by Gasteiger charge is 2.10. The van der Waals surface area contributed by atoms with Gasteiger partial charge in [0.25, 0.3) is 0 Å². The average Bonchev–Trinajstić information content (AvgIpc) is 2.28. The molecule has 0 saturated carbocycles. The summed E-state index contributed by atoms with van der Waals surface area (Å²) in [6.07, 6.45) is 1.74. The van der Waals surface area contributed by atoms with Crippen LogP contribution < -0.4 is 4.74 Å². The van der Waals surface area contributed by atoms with Gasteiger partial charge in [0.15, 0.2) is 0 Å². The molecule has 1 aromatic carbocycles. The molecule has 0 saturated heterocycles. The molecule has 0 amide bonds. The van der Waals surface area contributed by atoms with Gasteiger partial charge in [0.2, 0.25) is 0 Å². The van der Waals surface area contributed by atoms with Gasteiger partial charge >= 0.3 is 0 Å². The van der Waals surface area contributed by atoms with Crippen LogP contribution in [0.1, 0.15) is 37.9 Å². The summed E-state index contributed by atoms with van der Waals surface area (Å²) in [7, 11) is 0. The van der Waals surface area contributed by atoms with E-state index in [1.807, 2.05) is 0 Å². The van der Waals surface area contributed by atoms with Crippen molar-refractivity contribution in [2.45, 2.75) is 32.3 Å². The topological polar surface area (TPSA) is 49.7 Å². The lowest BCUT2D eigenvalue weighted by molar-refractivity contribution is 0.190. The maximum Gasteiger partial charge on any atom is 0.127 e. The minimum Gasteiger partial charge on any atom is -0.493 e. The minimum atomic E-state index is -0.678. The van der Waals surface area contributed by atoms with E-state index in [0.29, 0.717) is 17.9 Å². The molecule has 0 unspecified atom stereocenters. The first kappa shape index (κ1) is 13.9. The highest BCUT2D eigenvalue weighted by molar-refractivity contribution is 5.35. The number of hydrogen-bond acceptors (Lipinski definition) is 3. The molecule has 4 heteroatoms. The summed E-state index contributed by atoms with van der Waals surface area (Å²) >= 11 is 0. The van der Waals surface area contributed by atoms with Crippen LogP contribution >= 0.6 is 0 Å². The van der Waals surface area contributed by atoms with E-state index < -0.39 is 6.10 Å². The smallest absolute Gasteiger partial charge is 0.127 e. The zero-order valence-electron chi connectivity index (χ0n) is 10.0. The normalized spacial score (nSPS) is 12.5. The number of rotatable bonds is 7. The number of ether oxygens (including phenoxy) is 1. The van der Waals surface area contributed by atoms with Crippen LogP contribution in [0.25, 0.3) is 0 Å². The summed E-state index contributed by atoms with van der Waals surface area (Å²) in [5.41, 5.74) is 0.591. The van der Waals surface area contributed by atoms with Crippen molar-refractivity contribution in [3.05, 3.63) is 29.6 Å². The van der Waals surface area contributed by atoms with E-state index in [0.717, 1.165) is 19.3 Å². The lowest BCUT2D eigenvalue weighted by atomic mass is 10.1. The average molecular weight is 242 g/mol. The van der Waals surface area contributed by atoms with Crippen LogP contribution in [0.5, 0.6) is 5.75 Å². The van der Waals surface area contributed by atoms with E-state index in [1.165, 1.54) is 18.2 Å². The van der Waals surface area contributed by atoms with Gasteiger partial charge in [-0.2, -0.15) is 0 Å². The predicted octanol–water partition coefficient (Wildman–Crippen LogP) is 2.42. The van der Waals surface area contributed by atoms with Gasteiger partial charge in [-0.15, -0.1) is 0 Å². The van der Waals surface area contributed by atoms with Gasteiger partial charge in [0.1, 0.15) is 11.6 Å². The standard InChI is InChI=1S/C13H19FO3/c1-10(16)12-6-5-11(14)9-13(12)17-8-4-2-3-7-15/h5-6,9-10,15-16H,2-4,7-8H2,1H3/t10-/m0/s1. The van der Waals surface area contributed by atoms with Crippen LogP contribution in [0, 0.1) is 5.82 Å². The first-order valence-corrected chi connectivity index (χ1v) is 5.86. The molecule has 0 aliphatic heterocycles. The highest BCUT2D eigenvalue weighted by Crippen LogP contribution is 2.26. The molecule has 3 nitrogen and oxygen atoms in total. The molecule has 2 N–H and O–H groups in total. The summed E-state index contributed by atoms with van der Waals surface area (Å²) < 4.78 is 18.5. The maximum atomic E-state index is 13.0. The Morgan fingerprint density at radius 2 is 2.06 bits per heavy atom. The Kier molecular flexibility index (Phi) is 5.94. The van der Waals surface area contributed by atoms with E-state index >= 15 is 0 Å². The molecule has 0 aliphatic carbocycles. The van der Waals surface area contributed by atoms with Gasteiger partial charge in [-0.3, -0.25) is 0 Å². The number of aliphatic hydroxyl groups excluding tert-OH is 2. The van der Waals surface area contributed by atoms with Crippen molar-refractivity contribution >= 4 is 0 Å². The Morgan fingerprint density at radius 3 is 2.71 bits per heavy atom. The van der Waals surface area contributed by atoms with Crippen LogP contribution in [0.4, 0.5) is 4.39 Å². The number of hydrogen-bond donors (Lipinski definition) is 2. The SMILES string of the molecule is C[C@H](O)c1ccc(F)cc1OCCCCCO. The quantitative estimate of drug-likeness (QED) is 0.722. The third-order valence-electron chi connectivity index (χ3n) is 2.49. The van der Waals surface area contributed by atoms with Crippen LogP contribution in [0.2, 0.25) is 0 Å². The van der Waals surface area contributed by atoms with Gasteiger partial charge in [0, 0.05) is 18.2 Å². The van der Waals surface area contributed by atoms with Crippen LogP contribution in [-0.2, 0) is 0 Å². The van der Waals surface area contributed by atoms with Gasteiger partial charge < -0.3 is 14.9 Å². The van der Waals surface area contributed by atoms with Gasteiger partial charge in [-0.1, -0.05) is 0 Å². The lowest BCUT2D eigenvalue weighted by Crippen LogP contribution is -2.03. The van der Waals surface area contributed by atoms with E-state index in [1.54, 1.807) is 6.92 Å². The largest absolute Gasteiger partial charge is 0.493 e. The van der Waals surface area contributed by atoms with Crippen molar-refractivity contribution in [3.63, 3.8) is 0 Å². The number of benzene rings is 1. The Bertz CT molecular complexity index is 339. The van der Waals surface area contributed by atoms with Gasteiger partial charge in [0.05, 0.1) is 12.7 Å². The Morgan fingerprint density at radius 1 is 1.29 bits per heavy atom. The molecule has 0 fully saturated rings. The Labute approximate surface area is 101 Å². The minimum absolute atomic E-state index is 0.179. The summed E-state index contributed by atoms with van der Waals surface area (Å²) in [4.78, 5) is 0. The fourth-order valence-electron chi connectivity index (χ4n) is 1.55. The van der Waals surface area contributed by atoms with Crippen molar-refractivity contribution in [2.75, 3.05) is 13.2 Å². The molecule has 0 spiro atoms. The van der Waals surface area contributed by atoms with Crippen molar-refractivity contribution in [1.82, 2.24) is 0 Å². The lowest BCUT2D eigenvalue weighted by Gasteiger charge is -2.13. The molecule has 0 aromatic heterocycles. The summed E-state index contributed by atoms with van der Waals surface area (Å²) in [6, 6.07) is 4.12. The van der Waals surface area contributed by atoms with Crippen LogP contribution in [-0.4, -0.2) is 23.4 Å². The van der Waals surface area contributed by atoms with Crippen molar-refractivity contribution in [2.24, 2.45) is 0 Å². The number of aliphatic hydroxyl groups is 2. The summed E-state index contributed by atoms with van der Waals surface area (Å²) in [5.74, 6) is 0.0174. The number of halogens is 1. The fourth-order valence-corrected chi connectivity index (χ4v) is 1.55.